The van der Waals surface area contributed by atoms with Gasteiger partial charge in [0, 0.05) is 56.1 Å². The Morgan fingerprint density at radius 1 is 0.513 bits per heavy atom. The van der Waals surface area contributed by atoms with Crippen LogP contribution in [-0.2, 0) is 0 Å². The van der Waals surface area contributed by atoms with Crippen molar-refractivity contribution >= 4 is 37.2 Å². The standard InChI is InChI=1S/C35H21N3S/c1-36-29-10-2-7-23(20-29)30-11-3-13-32-33-14-4-12-31(35(33)39-34(30)32)28-18-26(24-8-5-15-37-21-24)17-27(19-28)25-9-6-16-38-22-25/h2-22H. The van der Waals surface area contributed by atoms with E-state index in [9.17, 15) is 0 Å². The van der Waals surface area contributed by atoms with Crippen molar-refractivity contribution in [3.05, 3.63) is 139 Å². The van der Waals surface area contributed by atoms with Crippen molar-refractivity contribution < 1.29 is 0 Å². The van der Waals surface area contributed by atoms with Gasteiger partial charge in [-0.1, -0.05) is 66.7 Å². The van der Waals surface area contributed by atoms with E-state index in [1.807, 2.05) is 54.1 Å². The van der Waals surface area contributed by atoms with Crippen molar-refractivity contribution in [3.8, 4) is 44.5 Å². The zero-order chi connectivity index (χ0) is 26.2. The molecule has 4 heteroatoms. The molecule has 7 aromatic rings. The highest BCUT2D eigenvalue weighted by molar-refractivity contribution is 7.26. The number of fused-ring (bicyclic) bond motifs is 3. The zero-order valence-electron chi connectivity index (χ0n) is 20.9. The molecule has 3 aromatic heterocycles. The summed E-state index contributed by atoms with van der Waals surface area (Å²) < 4.78 is 2.49. The van der Waals surface area contributed by atoms with Crippen molar-refractivity contribution in [2.24, 2.45) is 0 Å². The van der Waals surface area contributed by atoms with Gasteiger partial charge in [0.2, 0.25) is 0 Å². The van der Waals surface area contributed by atoms with E-state index in [-0.39, 0.29) is 0 Å². The predicted molar refractivity (Wildman–Crippen MR) is 163 cm³/mol. The molecule has 0 unspecified atom stereocenters. The number of pyridine rings is 2. The summed E-state index contributed by atoms with van der Waals surface area (Å²) in [6, 6.07) is 35.8. The Hall–Kier alpha value is -5.11. The van der Waals surface area contributed by atoms with Gasteiger partial charge in [-0.05, 0) is 69.8 Å². The molecule has 3 heterocycles. The first-order valence-corrected chi connectivity index (χ1v) is 13.5. The maximum atomic E-state index is 7.46. The molecule has 0 spiro atoms. The first-order valence-electron chi connectivity index (χ1n) is 12.7. The van der Waals surface area contributed by atoms with Crippen LogP contribution in [0.5, 0.6) is 0 Å². The van der Waals surface area contributed by atoms with Crippen molar-refractivity contribution in [2.75, 3.05) is 0 Å². The van der Waals surface area contributed by atoms with Crippen LogP contribution in [0.15, 0.2) is 128 Å². The molecule has 0 saturated heterocycles. The van der Waals surface area contributed by atoms with Gasteiger partial charge in [-0.2, -0.15) is 0 Å². The van der Waals surface area contributed by atoms with E-state index in [1.54, 1.807) is 12.4 Å². The molecule has 0 aliphatic rings. The van der Waals surface area contributed by atoms with E-state index in [0.717, 1.165) is 38.9 Å². The molecular weight excluding hydrogens is 494 g/mol. The lowest BCUT2D eigenvalue weighted by Gasteiger charge is -2.11. The van der Waals surface area contributed by atoms with Gasteiger partial charge in [-0.15, -0.1) is 11.3 Å². The highest BCUT2D eigenvalue weighted by atomic mass is 32.1. The topological polar surface area (TPSA) is 30.1 Å². The number of nitrogens with zero attached hydrogens (tertiary/aromatic N) is 3. The minimum atomic E-state index is 0.654. The second-order valence-corrected chi connectivity index (χ2v) is 10.4. The highest BCUT2D eigenvalue weighted by Crippen LogP contribution is 2.45. The van der Waals surface area contributed by atoms with Crippen molar-refractivity contribution in [1.29, 1.82) is 0 Å². The summed E-state index contributed by atoms with van der Waals surface area (Å²) in [5, 5.41) is 2.48. The van der Waals surface area contributed by atoms with Crippen LogP contribution >= 0.6 is 11.3 Å². The third-order valence-electron chi connectivity index (χ3n) is 7.04. The fourth-order valence-electron chi connectivity index (χ4n) is 5.20. The summed E-state index contributed by atoms with van der Waals surface area (Å²) >= 11 is 1.82. The molecule has 0 amide bonds. The molecule has 0 aliphatic carbocycles. The van der Waals surface area contributed by atoms with Crippen molar-refractivity contribution in [2.45, 2.75) is 0 Å². The first kappa shape index (κ1) is 23.0. The molecule has 0 radical (unpaired) electrons. The largest absolute Gasteiger partial charge is 0.264 e. The second-order valence-electron chi connectivity index (χ2n) is 9.41. The normalized spacial score (nSPS) is 11.1. The Morgan fingerprint density at radius 3 is 1.62 bits per heavy atom. The van der Waals surface area contributed by atoms with Crippen molar-refractivity contribution in [3.63, 3.8) is 0 Å². The summed E-state index contributed by atoms with van der Waals surface area (Å²) in [4.78, 5) is 12.4. The van der Waals surface area contributed by atoms with E-state index in [2.05, 4.69) is 87.6 Å². The quantitative estimate of drug-likeness (QED) is 0.218. The Bertz CT molecular complexity index is 1960. The van der Waals surface area contributed by atoms with Crippen LogP contribution in [0.4, 0.5) is 5.69 Å². The molecule has 0 atom stereocenters. The van der Waals surface area contributed by atoms with E-state index >= 15 is 0 Å². The molecule has 0 bridgehead atoms. The Balaban J connectivity index is 1.47. The lowest BCUT2D eigenvalue weighted by atomic mass is 9.93. The number of hydrogen-bond acceptors (Lipinski definition) is 3. The summed E-state index contributed by atoms with van der Waals surface area (Å²) in [5.74, 6) is 0. The monoisotopic (exact) mass is 515 g/mol. The minimum Gasteiger partial charge on any atom is -0.264 e. The van der Waals surface area contributed by atoms with Gasteiger partial charge in [-0.3, -0.25) is 9.97 Å². The van der Waals surface area contributed by atoms with Gasteiger partial charge >= 0.3 is 0 Å². The van der Waals surface area contributed by atoms with Crippen LogP contribution in [-0.4, -0.2) is 9.97 Å². The molecule has 182 valence electrons. The Morgan fingerprint density at radius 2 is 1.05 bits per heavy atom. The average molecular weight is 516 g/mol. The third-order valence-corrected chi connectivity index (χ3v) is 8.33. The highest BCUT2D eigenvalue weighted by Gasteiger charge is 2.15. The lowest BCUT2D eigenvalue weighted by Crippen LogP contribution is -1.87. The fraction of sp³-hybridized carbons (Fsp3) is 0. The molecule has 3 nitrogen and oxygen atoms in total. The maximum absolute atomic E-state index is 7.46. The number of rotatable bonds is 4. The fourth-order valence-corrected chi connectivity index (χ4v) is 6.57. The number of thiophene rings is 1. The van der Waals surface area contributed by atoms with Crippen molar-refractivity contribution in [1.82, 2.24) is 9.97 Å². The van der Waals surface area contributed by atoms with Gasteiger partial charge < -0.3 is 0 Å². The van der Waals surface area contributed by atoms with Crippen LogP contribution in [0.3, 0.4) is 0 Å². The SMILES string of the molecule is [C-]#[N+]c1cccc(-c2cccc3c2sc2c(-c4cc(-c5cccnc5)cc(-c5cccnc5)c4)cccc23)c1. The third kappa shape index (κ3) is 4.16. The number of aromatic nitrogens is 2. The van der Waals surface area contributed by atoms with Gasteiger partial charge in [0.15, 0.2) is 5.69 Å². The Kier molecular flexibility index (Phi) is 5.70. The molecule has 0 saturated carbocycles. The van der Waals surface area contributed by atoms with Gasteiger partial charge in [0.05, 0.1) is 6.57 Å². The smallest absolute Gasteiger partial charge is 0.187 e. The number of hydrogen-bond donors (Lipinski definition) is 0. The number of benzene rings is 4. The van der Waals surface area contributed by atoms with Crippen LogP contribution in [0.25, 0.3) is 69.5 Å². The summed E-state index contributed by atoms with van der Waals surface area (Å²) in [6.07, 6.45) is 7.43. The maximum Gasteiger partial charge on any atom is 0.187 e. The van der Waals surface area contributed by atoms with E-state index in [4.69, 9.17) is 6.57 Å². The van der Waals surface area contributed by atoms with E-state index in [1.165, 1.54) is 25.7 Å². The molecule has 4 aromatic carbocycles. The Labute approximate surface area is 230 Å². The molecular formula is C35H21N3S. The first-order chi connectivity index (χ1) is 19.3. The molecule has 0 fully saturated rings. The van der Waals surface area contributed by atoms with Crippen LogP contribution in [0, 0.1) is 6.57 Å². The zero-order valence-corrected chi connectivity index (χ0v) is 21.7. The summed E-state index contributed by atoms with van der Waals surface area (Å²) in [7, 11) is 0. The van der Waals surface area contributed by atoms with E-state index < -0.39 is 0 Å². The van der Waals surface area contributed by atoms with Gasteiger partial charge in [0.25, 0.3) is 0 Å². The van der Waals surface area contributed by atoms with Gasteiger partial charge in [0.1, 0.15) is 0 Å². The molecule has 7 rings (SSSR count). The molecule has 39 heavy (non-hydrogen) atoms. The average Bonchev–Trinajstić information content (AvgIpc) is 3.41. The lowest BCUT2D eigenvalue weighted by molar-refractivity contribution is 1.32. The second kappa shape index (κ2) is 9.64. The minimum absolute atomic E-state index is 0.654. The van der Waals surface area contributed by atoms with Gasteiger partial charge in [-0.25, -0.2) is 4.85 Å². The van der Waals surface area contributed by atoms with E-state index in [0.29, 0.717) is 5.69 Å². The van der Waals surface area contributed by atoms with Crippen LogP contribution < -0.4 is 0 Å². The summed E-state index contributed by atoms with van der Waals surface area (Å²) in [5.41, 5.74) is 9.63. The molecule has 0 N–H and O–H groups in total. The molecule has 0 aliphatic heterocycles. The predicted octanol–water partition coefficient (Wildman–Crippen LogP) is 10.1. The van der Waals surface area contributed by atoms with Crippen LogP contribution in [0.1, 0.15) is 0 Å². The summed E-state index contributed by atoms with van der Waals surface area (Å²) in [6.45, 7) is 7.46. The van der Waals surface area contributed by atoms with Crippen LogP contribution in [0.2, 0.25) is 0 Å².